The van der Waals surface area contributed by atoms with Crippen LogP contribution < -0.4 is 15.4 Å². The largest absolute Gasteiger partial charge is 0.493 e. The van der Waals surface area contributed by atoms with Gasteiger partial charge < -0.3 is 20.5 Å². The topological polar surface area (TPSA) is 70.6 Å². The van der Waals surface area contributed by atoms with Crippen molar-refractivity contribution in [3.05, 3.63) is 29.6 Å². The Morgan fingerprint density at radius 3 is 2.88 bits per heavy atom. The van der Waals surface area contributed by atoms with Crippen LogP contribution in [-0.2, 0) is 0 Å². The normalized spacial score (nSPS) is 16.6. The second-order valence-corrected chi connectivity index (χ2v) is 6.38. The number of piperidine rings is 1. The van der Waals surface area contributed by atoms with Gasteiger partial charge in [-0.15, -0.1) is 0 Å². The Balaban J connectivity index is 1.77. The molecule has 6 heteroatoms. The van der Waals surface area contributed by atoms with Crippen molar-refractivity contribution in [2.24, 2.45) is 5.92 Å². The Labute approximate surface area is 142 Å². The van der Waals surface area contributed by atoms with Gasteiger partial charge in [0.2, 0.25) is 0 Å². The van der Waals surface area contributed by atoms with Gasteiger partial charge in [-0.1, -0.05) is 0 Å². The zero-order valence-electron chi connectivity index (χ0n) is 14.2. The van der Waals surface area contributed by atoms with E-state index in [1.54, 1.807) is 13.0 Å². The van der Waals surface area contributed by atoms with Crippen molar-refractivity contribution in [3.8, 4) is 5.75 Å². The van der Waals surface area contributed by atoms with Gasteiger partial charge in [-0.05, 0) is 63.7 Å². The maximum atomic E-state index is 14.0. The lowest BCUT2D eigenvalue weighted by atomic mass is 9.93. The molecule has 0 spiro atoms. The van der Waals surface area contributed by atoms with Crippen LogP contribution in [0.15, 0.2) is 18.2 Å². The van der Waals surface area contributed by atoms with Gasteiger partial charge in [0.25, 0.3) is 5.91 Å². The number of carbonyl (C=O) groups excluding carboxylic acids is 1. The minimum absolute atomic E-state index is 0.0441. The SMILES string of the molecule is C[C@@H](CO)NC(=O)c1ccc(OCCCC2CCNCC2)cc1F. The maximum absolute atomic E-state index is 14.0. The van der Waals surface area contributed by atoms with Gasteiger partial charge in [-0.2, -0.15) is 0 Å². The quantitative estimate of drug-likeness (QED) is 0.635. The number of hydrogen-bond acceptors (Lipinski definition) is 4. The monoisotopic (exact) mass is 338 g/mol. The van der Waals surface area contributed by atoms with Gasteiger partial charge >= 0.3 is 0 Å². The molecule has 1 amide bonds. The Morgan fingerprint density at radius 1 is 1.46 bits per heavy atom. The fourth-order valence-electron chi connectivity index (χ4n) is 2.85. The number of hydrogen-bond donors (Lipinski definition) is 3. The Morgan fingerprint density at radius 2 is 2.21 bits per heavy atom. The van der Waals surface area contributed by atoms with E-state index in [2.05, 4.69) is 10.6 Å². The Bertz CT molecular complexity index is 533. The highest BCUT2D eigenvalue weighted by Gasteiger charge is 2.15. The first kappa shape index (κ1) is 18.7. The summed E-state index contributed by atoms with van der Waals surface area (Å²) in [5.74, 6) is 0.0377. The van der Waals surface area contributed by atoms with Crippen molar-refractivity contribution in [1.29, 1.82) is 0 Å². The number of rotatable bonds is 8. The van der Waals surface area contributed by atoms with E-state index in [1.165, 1.54) is 25.0 Å². The number of carbonyl (C=O) groups is 1. The molecule has 1 aromatic rings. The lowest BCUT2D eigenvalue weighted by Gasteiger charge is -2.22. The summed E-state index contributed by atoms with van der Waals surface area (Å²) < 4.78 is 19.6. The third-order valence-electron chi connectivity index (χ3n) is 4.32. The van der Waals surface area contributed by atoms with Crippen molar-refractivity contribution in [1.82, 2.24) is 10.6 Å². The van der Waals surface area contributed by atoms with Gasteiger partial charge in [0.1, 0.15) is 11.6 Å². The van der Waals surface area contributed by atoms with E-state index < -0.39 is 17.8 Å². The molecule has 3 N–H and O–H groups in total. The molecule has 1 aliphatic rings. The summed E-state index contributed by atoms with van der Waals surface area (Å²) >= 11 is 0. The first-order chi connectivity index (χ1) is 11.6. The van der Waals surface area contributed by atoms with Crippen LogP contribution in [0.3, 0.4) is 0 Å². The third-order valence-corrected chi connectivity index (χ3v) is 4.32. The van der Waals surface area contributed by atoms with E-state index in [1.807, 2.05) is 0 Å². The maximum Gasteiger partial charge on any atom is 0.254 e. The van der Waals surface area contributed by atoms with Crippen LogP contribution in [0, 0.1) is 11.7 Å². The average Bonchev–Trinajstić information content (AvgIpc) is 2.59. The summed E-state index contributed by atoms with van der Waals surface area (Å²) in [6, 6.07) is 3.84. The van der Waals surface area contributed by atoms with E-state index >= 15 is 0 Å². The van der Waals surface area contributed by atoms with Crippen molar-refractivity contribution in [2.75, 3.05) is 26.3 Å². The fourth-order valence-corrected chi connectivity index (χ4v) is 2.85. The molecule has 5 nitrogen and oxygen atoms in total. The second kappa shape index (κ2) is 9.59. The molecule has 0 saturated carbocycles. The van der Waals surface area contributed by atoms with E-state index in [-0.39, 0.29) is 12.2 Å². The third kappa shape index (κ3) is 5.76. The van der Waals surface area contributed by atoms with Crippen molar-refractivity contribution < 1.29 is 19.0 Å². The van der Waals surface area contributed by atoms with Crippen molar-refractivity contribution in [2.45, 2.75) is 38.6 Å². The number of nitrogens with one attached hydrogen (secondary N) is 2. The number of aliphatic hydroxyl groups is 1. The minimum Gasteiger partial charge on any atom is -0.493 e. The number of benzene rings is 1. The fraction of sp³-hybridized carbons (Fsp3) is 0.611. The van der Waals surface area contributed by atoms with E-state index in [0.717, 1.165) is 31.8 Å². The molecule has 1 saturated heterocycles. The molecular weight excluding hydrogens is 311 g/mol. The first-order valence-corrected chi connectivity index (χ1v) is 8.65. The molecule has 24 heavy (non-hydrogen) atoms. The molecule has 0 bridgehead atoms. The number of amides is 1. The Hall–Kier alpha value is -1.66. The van der Waals surface area contributed by atoms with Crippen LogP contribution in [0.25, 0.3) is 0 Å². The van der Waals surface area contributed by atoms with Gasteiger partial charge in [0, 0.05) is 12.1 Å². The minimum atomic E-state index is -0.617. The number of aliphatic hydroxyl groups excluding tert-OH is 1. The molecule has 0 radical (unpaired) electrons. The van der Waals surface area contributed by atoms with Gasteiger partial charge in [0.05, 0.1) is 18.8 Å². The van der Waals surface area contributed by atoms with Gasteiger partial charge in [0.15, 0.2) is 0 Å². The lowest BCUT2D eigenvalue weighted by Crippen LogP contribution is -2.35. The summed E-state index contributed by atoms with van der Waals surface area (Å²) in [5.41, 5.74) is -0.0441. The van der Waals surface area contributed by atoms with Crippen LogP contribution in [0.5, 0.6) is 5.75 Å². The Kier molecular flexibility index (Phi) is 7.46. The molecule has 1 atom stereocenters. The number of halogens is 1. The molecule has 1 aromatic carbocycles. The summed E-state index contributed by atoms with van der Waals surface area (Å²) in [6.07, 6.45) is 4.50. The number of ether oxygens (including phenoxy) is 1. The molecule has 1 fully saturated rings. The molecular formula is C18H27FN2O3. The van der Waals surface area contributed by atoms with Gasteiger partial charge in [-0.25, -0.2) is 4.39 Å². The summed E-state index contributed by atoms with van der Waals surface area (Å²) in [6.45, 7) is 4.20. The smallest absolute Gasteiger partial charge is 0.254 e. The molecule has 0 aliphatic carbocycles. The predicted molar refractivity (Wildman–Crippen MR) is 90.7 cm³/mol. The molecule has 0 aromatic heterocycles. The van der Waals surface area contributed by atoms with Crippen molar-refractivity contribution in [3.63, 3.8) is 0 Å². The average molecular weight is 338 g/mol. The highest BCUT2D eigenvalue weighted by atomic mass is 19.1. The predicted octanol–water partition coefficient (Wildman–Crippen LogP) is 2.09. The van der Waals surface area contributed by atoms with Crippen LogP contribution in [0.4, 0.5) is 4.39 Å². The van der Waals surface area contributed by atoms with Crippen LogP contribution in [0.2, 0.25) is 0 Å². The first-order valence-electron chi connectivity index (χ1n) is 8.65. The molecule has 2 rings (SSSR count). The van der Waals surface area contributed by atoms with Crippen LogP contribution in [0.1, 0.15) is 43.0 Å². The molecule has 1 heterocycles. The summed E-state index contributed by atoms with van der Waals surface area (Å²) in [4.78, 5) is 11.9. The van der Waals surface area contributed by atoms with E-state index in [9.17, 15) is 9.18 Å². The zero-order chi connectivity index (χ0) is 17.4. The molecule has 1 aliphatic heterocycles. The van der Waals surface area contributed by atoms with Crippen LogP contribution >= 0.6 is 0 Å². The van der Waals surface area contributed by atoms with E-state index in [0.29, 0.717) is 12.4 Å². The molecule has 0 unspecified atom stereocenters. The summed E-state index contributed by atoms with van der Waals surface area (Å²) in [5, 5.41) is 14.8. The summed E-state index contributed by atoms with van der Waals surface area (Å²) in [7, 11) is 0. The highest BCUT2D eigenvalue weighted by molar-refractivity contribution is 5.94. The van der Waals surface area contributed by atoms with E-state index in [4.69, 9.17) is 9.84 Å². The van der Waals surface area contributed by atoms with Crippen molar-refractivity contribution >= 4 is 5.91 Å². The molecule has 134 valence electrons. The second-order valence-electron chi connectivity index (χ2n) is 6.38. The zero-order valence-corrected chi connectivity index (χ0v) is 14.2. The lowest BCUT2D eigenvalue weighted by molar-refractivity contribution is 0.0918. The highest BCUT2D eigenvalue weighted by Crippen LogP contribution is 2.20. The van der Waals surface area contributed by atoms with Crippen LogP contribution in [-0.4, -0.2) is 43.4 Å². The van der Waals surface area contributed by atoms with Gasteiger partial charge in [-0.3, -0.25) is 4.79 Å². The standard InChI is InChI=1S/C18H27FN2O3/c1-13(12-22)21-18(23)16-5-4-15(11-17(16)19)24-10-2-3-14-6-8-20-9-7-14/h4-5,11,13-14,20,22H,2-3,6-10,12H2,1H3,(H,21,23)/t13-/m0/s1.